The average molecular weight is 295 g/mol. The molecule has 0 aliphatic carbocycles. The molecule has 0 saturated carbocycles. The fourth-order valence-corrected chi connectivity index (χ4v) is 2.58. The first-order valence-corrected chi connectivity index (χ1v) is 7.18. The monoisotopic (exact) mass is 294 g/mol. The van der Waals surface area contributed by atoms with Gasteiger partial charge in [0, 0.05) is 12.6 Å². The van der Waals surface area contributed by atoms with E-state index in [1.807, 2.05) is 0 Å². The number of hydrogen-bond donors (Lipinski definition) is 1. The summed E-state index contributed by atoms with van der Waals surface area (Å²) in [7, 11) is 0. The molecule has 1 unspecified atom stereocenters. The third-order valence-electron chi connectivity index (χ3n) is 3.58. The maximum absolute atomic E-state index is 12.2. The van der Waals surface area contributed by atoms with Crippen LogP contribution in [-0.2, 0) is 6.54 Å². The van der Waals surface area contributed by atoms with E-state index in [2.05, 4.69) is 28.2 Å². The molecule has 1 aliphatic heterocycles. The topological polar surface area (TPSA) is 50.2 Å². The summed E-state index contributed by atoms with van der Waals surface area (Å²) in [4.78, 5) is 14.6. The number of terminal acetylenes is 1. The Labute approximate surface area is 123 Å². The summed E-state index contributed by atoms with van der Waals surface area (Å²) < 4.78 is 1.23. The van der Waals surface area contributed by atoms with Crippen molar-refractivity contribution in [2.24, 2.45) is 0 Å². The van der Waals surface area contributed by atoms with E-state index in [4.69, 9.17) is 18.0 Å². The standard InChI is InChI=1S/C14H19ClN4O/c1-3-6-19-14(20)13(12(15)10-17-19)16-9-11(2)18-7-4-5-8-18/h1,10-11,16H,4-9H2,2H3. The first kappa shape index (κ1) is 14.9. The number of halogens is 1. The smallest absolute Gasteiger partial charge is 0.292 e. The van der Waals surface area contributed by atoms with Crippen molar-refractivity contribution in [3.05, 3.63) is 21.6 Å². The van der Waals surface area contributed by atoms with Crippen LogP contribution < -0.4 is 10.9 Å². The van der Waals surface area contributed by atoms with Gasteiger partial charge in [0.05, 0.1) is 11.2 Å². The van der Waals surface area contributed by atoms with E-state index >= 15 is 0 Å². The van der Waals surface area contributed by atoms with Crippen molar-refractivity contribution >= 4 is 17.3 Å². The van der Waals surface area contributed by atoms with Gasteiger partial charge in [-0.2, -0.15) is 5.10 Å². The van der Waals surface area contributed by atoms with Crippen LogP contribution in [0.15, 0.2) is 11.0 Å². The molecule has 0 amide bonds. The molecule has 6 heteroatoms. The van der Waals surface area contributed by atoms with Crippen molar-refractivity contribution in [3.63, 3.8) is 0 Å². The van der Waals surface area contributed by atoms with E-state index in [-0.39, 0.29) is 12.1 Å². The van der Waals surface area contributed by atoms with Gasteiger partial charge in [0.25, 0.3) is 5.56 Å². The third kappa shape index (κ3) is 3.33. The molecule has 0 bridgehead atoms. The highest BCUT2D eigenvalue weighted by Crippen LogP contribution is 2.16. The van der Waals surface area contributed by atoms with Crippen molar-refractivity contribution in [1.82, 2.24) is 14.7 Å². The molecule has 1 atom stereocenters. The predicted octanol–water partition coefficient (Wildman–Crippen LogP) is 1.43. The van der Waals surface area contributed by atoms with Gasteiger partial charge in [0.1, 0.15) is 12.2 Å². The highest BCUT2D eigenvalue weighted by Gasteiger charge is 2.18. The number of likely N-dealkylation sites (tertiary alicyclic amines) is 1. The number of hydrogen-bond acceptors (Lipinski definition) is 4. The highest BCUT2D eigenvalue weighted by atomic mass is 35.5. The SMILES string of the molecule is C#CCn1ncc(Cl)c(NCC(C)N2CCCC2)c1=O. The number of aromatic nitrogens is 2. The molecule has 1 aromatic rings. The first-order chi connectivity index (χ1) is 9.63. The molecule has 20 heavy (non-hydrogen) atoms. The first-order valence-electron chi connectivity index (χ1n) is 6.80. The fourth-order valence-electron chi connectivity index (χ4n) is 2.39. The number of rotatable bonds is 5. The Bertz CT molecular complexity index is 557. The predicted molar refractivity (Wildman–Crippen MR) is 81.1 cm³/mol. The minimum absolute atomic E-state index is 0.145. The second-order valence-corrected chi connectivity index (χ2v) is 5.41. The maximum Gasteiger partial charge on any atom is 0.292 e. The molecule has 1 fully saturated rings. The van der Waals surface area contributed by atoms with Gasteiger partial charge in [0.15, 0.2) is 0 Å². The lowest BCUT2D eigenvalue weighted by atomic mass is 10.3. The molecule has 0 spiro atoms. The van der Waals surface area contributed by atoms with Crippen LogP contribution in [0.25, 0.3) is 0 Å². The molecule has 1 aromatic heterocycles. The summed E-state index contributed by atoms with van der Waals surface area (Å²) in [6.07, 6.45) is 9.15. The molecular formula is C14H19ClN4O. The zero-order chi connectivity index (χ0) is 14.5. The van der Waals surface area contributed by atoms with Gasteiger partial charge in [-0.1, -0.05) is 17.5 Å². The molecule has 2 rings (SSSR count). The Morgan fingerprint density at radius 3 is 2.90 bits per heavy atom. The van der Waals surface area contributed by atoms with E-state index in [9.17, 15) is 4.79 Å². The van der Waals surface area contributed by atoms with Gasteiger partial charge in [-0.3, -0.25) is 9.69 Å². The van der Waals surface area contributed by atoms with E-state index in [0.717, 1.165) is 13.1 Å². The molecule has 5 nitrogen and oxygen atoms in total. The number of anilines is 1. The lowest BCUT2D eigenvalue weighted by Gasteiger charge is -2.24. The average Bonchev–Trinajstić information content (AvgIpc) is 2.96. The largest absolute Gasteiger partial charge is 0.378 e. The minimum atomic E-state index is -0.274. The van der Waals surface area contributed by atoms with Gasteiger partial charge in [-0.15, -0.1) is 6.42 Å². The van der Waals surface area contributed by atoms with Crippen LogP contribution in [0.3, 0.4) is 0 Å². The zero-order valence-corrected chi connectivity index (χ0v) is 12.4. The van der Waals surface area contributed by atoms with E-state index in [1.165, 1.54) is 23.7 Å². The second-order valence-electron chi connectivity index (χ2n) is 5.01. The lowest BCUT2D eigenvalue weighted by Crippen LogP contribution is -2.37. The summed E-state index contributed by atoms with van der Waals surface area (Å²) in [6.45, 7) is 5.21. The number of nitrogens with zero attached hydrogens (tertiary/aromatic N) is 3. The second kappa shape index (κ2) is 6.78. The summed E-state index contributed by atoms with van der Waals surface area (Å²) >= 11 is 6.04. The zero-order valence-electron chi connectivity index (χ0n) is 11.6. The van der Waals surface area contributed by atoms with Crippen LogP contribution in [0.1, 0.15) is 19.8 Å². The minimum Gasteiger partial charge on any atom is -0.378 e. The van der Waals surface area contributed by atoms with Crippen LogP contribution in [-0.4, -0.2) is 40.4 Å². The van der Waals surface area contributed by atoms with Gasteiger partial charge in [-0.05, 0) is 32.9 Å². The Morgan fingerprint density at radius 1 is 1.55 bits per heavy atom. The van der Waals surface area contributed by atoms with Crippen LogP contribution in [0, 0.1) is 12.3 Å². The van der Waals surface area contributed by atoms with Crippen LogP contribution in [0.2, 0.25) is 5.02 Å². The molecular weight excluding hydrogens is 276 g/mol. The third-order valence-corrected chi connectivity index (χ3v) is 3.86. The molecule has 1 saturated heterocycles. The molecule has 1 aliphatic rings. The summed E-state index contributed by atoms with van der Waals surface area (Å²) in [5.74, 6) is 2.40. The van der Waals surface area contributed by atoms with Crippen molar-refractivity contribution < 1.29 is 0 Å². The van der Waals surface area contributed by atoms with Gasteiger partial charge in [0.2, 0.25) is 0 Å². The summed E-state index contributed by atoms with van der Waals surface area (Å²) in [6, 6.07) is 0.363. The maximum atomic E-state index is 12.2. The lowest BCUT2D eigenvalue weighted by molar-refractivity contribution is 0.269. The summed E-state index contributed by atoms with van der Waals surface area (Å²) in [5.41, 5.74) is 0.104. The molecule has 1 N–H and O–H groups in total. The van der Waals surface area contributed by atoms with E-state index in [0.29, 0.717) is 23.3 Å². The van der Waals surface area contributed by atoms with Crippen molar-refractivity contribution in [1.29, 1.82) is 0 Å². The van der Waals surface area contributed by atoms with Crippen LogP contribution in [0.4, 0.5) is 5.69 Å². The van der Waals surface area contributed by atoms with Gasteiger partial charge in [-0.25, -0.2) is 4.68 Å². The van der Waals surface area contributed by atoms with E-state index in [1.54, 1.807) is 0 Å². The van der Waals surface area contributed by atoms with Gasteiger partial charge >= 0.3 is 0 Å². The summed E-state index contributed by atoms with van der Waals surface area (Å²) in [5, 5.41) is 7.38. The quantitative estimate of drug-likeness (QED) is 0.835. The fraction of sp³-hybridized carbons (Fsp3) is 0.571. The Morgan fingerprint density at radius 2 is 2.25 bits per heavy atom. The Hall–Kier alpha value is -1.51. The number of nitrogens with one attached hydrogen (secondary N) is 1. The van der Waals surface area contributed by atoms with Crippen molar-refractivity contribution in [3.8, 4) is 12.3 Å². The highest BCUT2D eigenvalue weighted by molar-refractivity contribution is 6.32. The van der Waals surface area contributed by atoms with Crippen molar-refractivity contribution in [2.45, 2.75) is 32.4 Å². The van der Waals surface area contributed by atoms with Crippen molar-refractivity contribution in [2.75, 3.05) is 25.0 Å². The van der Waals surface area contributed by atoms with Gasteiger partial charge < -0.3 is 5.32 Å². The molecule has 0 radical (unpaired) electrons. The molecule has 2 heterocycles. The molecule has 0 aromatic carbocycles. The normalized spacial score (nSPS) is 16.9. The molecule has 108 valence electrons. The van der Waals surface area contributed by atoms with Crippen LogP contribution >= 0.6 is 11.6 Å². The van der Waals surface area contributed by atoms with Crippen LogP contribution in [0.5, 0.6) is 0 Å². The van der Waals surface area contributed by atoms with E-state index < -0.39 is 0 Å². The Kier molecular flexibility index (Phi) is 5.05. The Balaban J connectivity index is 2.07.